The summed E-state index contributed by atoms with van der Waals surface area (Å²) in [6.07, 6.45) is 0.610. The molecule has 0 bridgehead atoms. The van der Waals surface area contributed by atoms with Crippen molar-refractivity contribution in [3.05, 3.63) is 0 Å². The van der Waals surface area contributed by atoms with Gasteiger partial charge in [-0.25, -0.2) is 0 Å². The minimum atomic E-state index is 0.000880. The Kier molecular flexibility index (Phi) is 5.66. The third-order valence-corrected chi connectivity index (χ3v) is 1.43. The Hall–Kier alpha value is -0.610. The molecule has 72 valence electrons. The third kappa shape index (κ3) is 6.12. The highest BCUT2D eigenvalue weighted by Gasteiger charge is 2.06. The lowest BCUT2D eigenvalue weighted by molar-refractivity contribution is -0.122. The van der Waals surface area contributed by atoms with E-state index in [9.17, 15) is 4.79 Å². The molecule has 0 spiro atoms. The van der Waals surface area contributed by atoms with Crippen LogP contribution in [0.25, 0.3) is 0 Å². The van der Waals surface area contributed by atoms with Crippen LogP contribution in [0.1, 0.15) is 13.3 Å². The molecule has 0 aromatic rings. The minimum Gasteiger partial charge on any atom is -0.396 e. The first-order valence-corrected chi connectivity index (χ1v) is 4.11. The van der Waals surface area contributed by atoms with Gasteiger partial charge in [0.25, 0.3) is 0 Å². The first kappa shape index (κ1) is 11.4. The second kappa shape index (κ2) is 5.97. The standard InChI is InChI=1S/C8H18N2O2/c1-7(4-5-11)9-8(12)6-10(2)3/h7,11H,4-6H2,1-3H3,(H,9,12). The van der Waals surface area contributed by atoms with Crippen LogP contribution >= 0.6 is 0 Å². The molecule has 0 aromatic heterocycles. The van der Waals surface area contributed by atoms with Gasteiger partial charge in [0.1, 0.15) is 0 Å². The molecule has 12 heavy (non-hydrogen) atoms. The summed E-state index contributed by atoms with van der Waals surface area (Å²) in [6, 6.07) is 0.0578. The van der Waals surface area contributed by atoms with E-state index in [2.05, 4.69) is 5.32 Å². The van der Waals surface area contributed by atoms with Gasteiger partial charge >= 0.3 is 0 Å². The summed E-state index contributed by atoms with van der Waals surface area (Å²) in [5, 5.41) is 11.3. The minimum absolute atomic E-state index is 0.000880. The lowest BCUT2D eigenvalue weighted by Gasteiger charge is -2.14. The van der Waals surface area contributed by atoms with Crippen LogP contribution in [0.3, 0.4) is 0 Å². The van der Waals surface area contributed by atoms with Crippen LogP contribution in [0, 0.1) is 0 Å². The number of hydrogen-bond acceptors (Lipinski definition) is 3. The Morgan fingerprint density at radius 2 is 2.17 bits per heavy atom. The van der Waals surface area contributed by atoms with Gasteiger partial charge in [0.05, 0.1) is 6.54 Å². The first-order chi connectivity index (χ1) is 5.56. The number of carbonyl (C=O) groups excluding carboxylic acids is 1. The fraction of sp³-hybridized carbons (Fsp3) is 0.875. The van der Waals surface area contributed by atoms with E-state index in [1.807, 2.05) is 21.0 Å². The maximum absolute atomic E-state index is 11.1. The van der Waals surface area contributed by atoms with Crippen molar-refractivity contribution in [3.63, 3.8) is 0 Å². The molecule has 1 unspecified atom stereocenters. The van der Waals surface area contributed by atoms with Crippen LogP contribution in [0.4, 0.5) is 0 Å². The molecule has 0 heterocycles. The molecule has 0 aliphatic heterocycles. The zero-order valence-electron chi connectivity index (χ0n) is 8.00. The molecule has 4 heteroatoms. The number of carbonyl (C=O) groups is 1. The molecule has 0 rings (SSSR count). The molecule has 0 aromatic carbocycles. The first-order valence-electron chi connectivity index (χ1n) is 4.11. The predicted molar refractivity (Wildman–Crippen MR) is 47.9 cm³/mol. The van der Waals surface area contributed by atoms with E-state index in [1.54, 1.807) is 4.90 Å². The molecule has 0 radical (unpaired) electrons. The molecule has 0 aliphatic rings. The van der Waals surface area contributed by atoms with E-state index in [0.29, 0.717) is 13.0 Å². The molecular formula is C8H18N2O2. The number of aliphatic hydroxyl groups excluding tert-OH is 1. The Morgan fingerprint density at radius 1 is 1.58 bits per heavy atom. The lowest BCUT2D eigenvalue weighted by Crippen LogP contribution is -2.39. The van der Waals surface area contributed by atoms with Crippen LogP contribution < -0.4 is 5.32 Å². The van der Waals surface area contributed by atoms with E-state index >= 15 is 0 Å². The van der Waals surface area contributed by atoms with Gasteiger partial charge in [-0.3, -0.25) is 4.79 Å². The fourth-order valence-corrected chi connectivity index (χ4v) is 0.873. The highest BCUT2D eigenvalue weighted by atomic mass is 16.3. The zero-order valence-corrected chi connectivity index (χ0v) is 8.00. The van der Waals surface area contributed by atoms with Crippen LogP contribution in [0.15, 0.2) is 0 Å². The summed E-state index contributed by atoms with van der Waals surface area (Å²) in [7, 11) is 3.69. The summed E-state index contributed by atoms with van der Waals surface area (Å²) >= 11 is 0. The molecule has 2 N–H and O–H groups in total. The molecule has 0 saturated carbocycles. The van der Waals surface area contributed by atoms with Crippen molar-refractivity contribution in [2.24, 2.45) is 0 Å². The molecule has 0 saturated heterocycles. The fourth-order valence-electron chi connectivity index (χ4n) is 0.873. The van der Waals surface area contributed by atoms with Crippen LogP contribution in [-0.2, 0) is 4.79 Å². The quantitative estimate of drug-likeness (QED) is 0.587. The number of hydrogen-bond donors (Lipinski definition) is 2. The second-order valence-corrected chi connectivity index (χ2v) is 3.22. The van der Waals surface area contributed by atoms with E-state index < -0.39 is 0 Å². The summed E-state index contributed by atoms with van der Waals surface area (Å²) in [5.41, 5.74) is 0. The summed E-state index contributed by atoms with van der Waals surface area (Å²) in [5.74, 6) is 0.000880. The van der Waals surface area contributed by atoms with Gasteiger partial charge in [-0.2, -0.15) is 0 Å². The second-order valence-electron chi connectivity index (χ2n) is 3.22. The molecule has 0 fully saturated rings. The van der Waals surface area contributed by atoms with Crippen molar-refractivity contribution < 1.29 is 9.90 Å². The van der Waals surface area contributed by atoms with Crippen molar-refractivity contribution in [1.82, 2.24) is 10.2 Å². The molecule has 4 nitrogen and oxygen atoms in total. The monoisotopic (exact) mass is 174 g/mol. The van der Waals surface area contributed by atoms with E-state index in [1.165, 1.54) is 0 Å². The van der Waals surface area contributed by atoms with E-state index in [-0.39, 0.29) is 18.6 Å². The topological polar surface area (TPSA) is 52.6 Å². The van der Waals surface area contributed by atoms with Gasteiger partial charge in [-0.15, -0.1) is 0 Å². The van der Waals surface area contributed by atoms with Gasteiger partial charge in [0.2, 0.25) is 5.91 Å². The molecule has 1 amide bonds. The van der Waals surface area contributed by atoms with Crippen molar-refractivity contribution in [2.75, 3.05) is 27.2 Å². The summed E-state index contributed by atoms with van der Waals surface area (Å²) in [4.78, 5) is 12.9. The van der Waals surface area contributed by atoms with E-state index in [0.717, 1.165) is 0 Å². The number of aliphatic hydroxyl groups is 1. The lowest BCUT2D eigenvalue weighted by atomic mass is 10.2. The average Bonchev–Trinajstić information content (AvgIpc) is 1.84. The van der Waals surface area contributed by atoms with Gasteiger partial charge in [-0.1, -0.05) is 0 Å². The number of amides is 1. The molecule has 1 atom stereocenters. The van der Waals surface area contributed by atoms with Gasteiger partial charge in [0, 0.05) is 12.6 Å². The highest BCUT2D eigenvalue weighted by Crippen LogP contribution is 1.88. The van der Waals surface area contributed by atoms with Crippen molar-refractivity contribution in [3.8, 4) is 0 Å². The Balaban J connectivity index is 3.54. The van der Waals surface area contributed by atoms with Crippen LogP contribution in [0.5, 0.6) is 0 Å². The smallest absolute Gasteiger partial charge is 0.234 e. The molecule has 0 aliphatic carbocycles. The van der Waals surface area contributed by atoms with Gasteiger partial charge in [0.15, 0.2) is 0 Å². The summed E-state index contributed by atoms with van der Waals surface area (Å²) < 4.78 is 0. The highest BCUT2D eigenvalue weighted by molar-refractivity contribution is 5.78. The Labute approximate surface area is 73.6 Å². The maximum Gasteiger partial charge on any atom is 0.234 e. The average molecular weight is 174 g/mol. The number of rotatable bonds is 5. The van der Waals surface area contributed by atoms with Crippen LogP contribution in [0.2, 0.25) is 0 Å². The predicted octanol–water partition coefficient (Wildman–Crippen LogP) is -0.565. The van der Waals surface area contributed by atoms with Crippen molar-refractivity contribution >= 4 is 5.91 Å². The van der Waals surface area contributed by atoms with Crippen molar-refractivity contribution in [2.45, 2.75) is 19.4 Å². The van der Waals surface area contributed by atoms with E-state index in [4.69, 9.17) is 5.11 Å². The van der Waals surface area contributed by atoms with Gasteiger partial charge in [-0.05, 0) is 27.4 Å². The maximum atomic E-state index is 11.1. The van der Waals surface area contributed by atoms with Crippen LogP contribution in [-0.4, -0.2) is 49.2 Å². The number of nitrogens with zero attached hydrogens (tertiary/aromatic N) is 1. The third-order valence-electron chi connectivity index (χ3n) is 1.43. The SMILES string of the molecule is CC(CCO)NC(=O)CN(C)C. The summed E-state index contributed by atoms with van der Waals surface area (Å²) in [6.45, 7) is 2.39. The Morgan fingerprint density at radius 3 is 2.58 bits per heavy atom. The van der Waals surface area contributed by atoms with Crippen molar-refractivity contribution in [1.29, 1.82) is 0 Å². The molecular weight excluding hydrogens is 156 g/mol. The van der Waals surface area contributed by atoms with Gasteiger partial charge < -0.3 is 15.3 Å². The normalized spacial score (nSPS) is 13.1. The number of likely N-dealkylation sites (N-methyl/N-ethyl adjacent to an activating group) is 1. The zero-order chi connectivity index (χ0) is 9.56. The number of nitrogens with one attached hydrogen (secondary N) is 1. The largest absolute Gasteiger partial charge is 0.396 e. The Bertz CT molecular complexity index is 137.